The molecule has 1 N–H and O–H groups in total. The van der Waals surface area contributed by atoms with Crippen molar-refractivity contribution in [3.05, 3.63) is 55.7 Å². The van der Waals surface area contributed by atoms with Gasteiger partial charge in [0, 0.05) is 5.02 Å². The monoisotopic (exact) mass is 435 g/mol. The highest BCUT2D eigenvalue weighted by Gasteiger charge is 2.16. The van der Waals surface area contributed by atoms with Crippen LogP contribution in [0.15, 0.2) is 39.3 Å². The van der Waals surface area contributed by atoms with Gasteiger partial charge in [-0.05, 0) is 56.1 Å². The van der Waals surface area contributed by atoms with Crippen LogP contribution in [-0.2, 0) is 0 Å². The number of halogens is 4. The topological polar surface area (TPSA) is 38.3 Å². The van der Waals surface area contributed by atoms with Gasteiger partial charge in [0.15, 0.2) is 5.75 Å². The third-order valence-electron chi connectivity index (χ3n) is 2.66. The van der Waals surface area contributed by atoms with Crippen molar-refractivity contribution in [2.75, 3.05) is 12.4 Å². The maximum atomic E-state index is 13.5. The van der Waals surface area contributed by atoms with Crippen LogP contribution in [0.1, 0.15) is 10.4 Å². The number of hydrogen-bond donors (Lipinski definition) is 1. The Kier molecular flexibility index (Phi) is 5.24. The predicted molar refractivity (Wildman–Crippen MR) is 87.8 cm³/mol. The van der Waals surface area contributed by atoms with Crippen molar-refractivity contribution in [3.63, 3.8) is 0 Å². The molecule has 0 aliphatic rings. The maximum Gasteiger partial charge on any atom is 0.257 e. The Bertz CT molecular complexity index is 710. The molecule has 1 amide bonds. The lowest BCUT2D eigenvalue weighted by Crippen LogP contribution is -2.14. The fourth-order valence-electron chi connectivity index (χ4n) is 1.73. The average molecular weight is 437 g/mol. The van der Waals surface area contributed by atoms with Crippen molar-refractivity contribution in [1.29, 1.82) is 0 Å². The summed E-state index contributed by atoms with van der Waals surface area (Å²) in [6.07, 6.45) is 0. The standard InChI is InChI=1S/C14H9Br2ClFNO2/c1-21-13-9(15)5-7(17)6-11(13)19-14(20)8-3-2-4-10(18)12(8)16/h2-6H,1H3,(H,19,20). The van der Waals surface area contributed by atoms with Crippen molar-refractivity contribution >= 4 is 55.1 Å². The van der Waals surface area contributed by atoms with Crippen LogP contribution in [0.2, 0.25) is 5.02 Å². The van der Waals surface area contributed by atoms with Gasteiger partial charge in [-0.25, -0.2) is 4.39 Å². The van der Waals surface area contributed by atoms with E-state index >= 15 is 0 Å². The van der Waals surface area contributed by atoms with Crippen LogP contribution in [-0.4, -0.2) is 13.0 Å². The molecular formula is C14H9Br2ClFNO2. The van der Waals surface area contributed by atoms with Gasteiger partial charge in [0.2, 0.25) is 0 Å². The second kappa shape index (κ2) is 6.77. The summed E-state index contributed by atoms with van der Waals surface area (Å²) in [4.78, 5) is 12.3. The molecule has 2 aromatic carbocycles. The molecule has 0 saturated carbocycles. The van der Waals surface area contributed by atoms with Gasteiger partial charge in [-0.2, -0.15) is 0 Å². The molecule has 0 aliphatic carbocycles. The van der Waals surface area contributed by atoms with Crippen LogP contribution < -0.4 is 10.1 Å². The second-order valence-corrected chi connectivity index (χ2v) is 6.11. The van der Waals surface area contributed by atoms with E-state index < -0.39 is 11.7 Å². The Morgan fingerprint density at radius 2 is 2.05 bits per heavy atom. The lowest BCUT2D eigenvalue weighted by molar-refractivity contribution is 0.102. The highest BCUT2D eigenvalue weighted by atomic mass is 79.9. The summed E-state index contributed by atoms with van der Waals surface area (Å²) in [5, 5.41) is 3.08. The Labute approximate surface area is 142 Å². The molecule has 2 rings (SSSR count). The van der Waals surface area contributed by atoms with Crippen LogP contribution in [0.25, 0.3) is 0 Å². The van der Waals surface area contributed by atoms with Crippen LogP contribution in [0.3, 0.4) is 0 Å². The third kappa shape index (κ3) is 3.56. The molecule has 0 aliphatic heterocycles. The summed E-state index contributed by atoms with van der Waals surface area (Å²) < 4.78 is 19.4. The number of hydrogen-bond acceptors (Lipinski definition) is 2. The zero-order valence-corrected chi connectivity index (χ0v) is 14.6. The first-order valence-corrected chi connectivity index (χ1v) is 7.69. The number of rotatable bonds is 3. The Balaban J connectivity index is 2.38. The van der Waals surface area contributed by atoms with Gasteiger partial charge in [-0.15, -0.1) is 0 Å². The first kappa shape index (κ1) is 16.3. The highest BCUT2D eigenvalue weighted by Crippen LogP contribution is 2.36. The van der Waals surface area contributed by atoms with Gasteiger partial charge >= 0.3 is 0 Å². The maximum absolute atomic E-state index is 13.5. The summed E-state index contributed by atoms with van der Waals surface area (Å²) >= 11 is 12.3. The smallest absolute Gasteiger partial charge is 0.257 e. The molecule has 0 heterocycles. The lowest BCUT2D eigenvalue weighted by atomic mass is 10.2. The molecule has 0 saturated heterocycles. The molecule has 0 radical (unpaired) electrons. The van der Waals surface area contributed by atoms with E-state index in [1.165, 1.54) is 25.3 Å². The molecule has 0 atom stereocenters. The van der Waals surface area contributed by atoms with Crippen molar-refractivity contribution in [2.24, 2.45) is 0 Å². The van der Waals surface area contributed by atoms with E-state index in [1.807, 2.05) is 0 Å². The number of carbonyl (C=O) groups is 1. The van der Waals surface area contributed by atoms with Crippen LogP contribution in [0.5, 0.6) is 5.75 Å². The first-order chi connectivity index (χ1) is 9.93. The van der Waals surface area contributed by atoms with Crippen molar-refractivity contribution in [3.8, 4) is 5.75 Å². The van der Waals surface area contributed by atoms with Crippen LogP contribution in [0, 0.1) is 5.82 Å². The molecule has 0 aromatic heterocycles. The first-order valence-electron chi connectivity index (χ1n) is 5.72. The summed E-state index contributed by atoms with van der Waals surface area (Å²) in [5.41, 5.74) is 0.561. The number of carbonyl (C=O) groups excluding carboxylic acids is 1. The summed E-state index contributed by atoms with van der Waals surface area (Å²) in [6, 6.07) is 7.43. The summed E-state index contributed by atoms with van der Waals surface area (Å²) in [6.45, 7) is 0. The number of nitrogens with one attached hydrogen (secondary N) is 1. The summed E-state index contributed by atoms with van der Waals surface area (Å²) in [7, 11) is 1.47. The highest BCUT2D eigenvalue weighted by molar-refractivity contribution is 9.10. The van der Waals surface area contributed by atoms with Gasteiger partial charge in [-0.1, -0.05) is 17.7 Å². The van der Waals surface area contributed by atoms with Gasteiger partial charge < -0.3 is 10.1 Å². The molecule has 2 aromatic rings. The van der Waals surface area contributed by atoms with E-state index in [4.69, 9.17) is 16.3 Å². The Morgan fingerprint density at radius 1 is 1.33 bits per heavy atom. The number of anilines is 1. The Hall–Kier alpha value is -1.11. The van der Waals surface area contributed by atoms with Gasteiger partial charge in [0.25, 0.3) is 5.91 Å². The predicted octanol–water partition coefficient (Wildman–Crippen LogP) is 5.27. The van der Waals surface area contributed by atoms with Crippen molar-refractivity contribution < 1.29 is 13.9 Å². The molecule has 21 heavy (non-hydrogen) atoms. The minimum atomic E-state index is -0.512. The molecule has 110 valence electrons. The second-order valence-electron chi connectivity index (χ2n) is 4.02. The average Bonchev–Trinajstić information content (AvgIpc) is 2.41. The van der Waals surface area contributed by atoms with Crippen LogP contribution in [0.4, 0.5) is 10.1 Å². The normalized spacial score (nSPS) is 10.3. The SMILES string of the molecule is COc1c(Br)cc(Cl)cc1NC(=O)c1cccc(F)c1Br. The van der Waals surface area contributed by atoms with Crippen LogP contribution >= 0.6 is 43.5 Å². The number of amides is 1. The molecule has 7 heteroatoms. The number of methoxy groups -OCH3 is 1. The molecule has 0 unspecified atom stereocenters. The number of benzene rings is 2. The van der Waals surface area contributed by atoms with E-state index in [2.05, 4.69) is 37.2 Å². The molecular weight excluding hydrogens is 428 g/mol. The fourth-order valence-corrected chi connectivity index (χ4v) is 3.15. The van der Waals surface area contributed by atoms with E-state index in [0.29, 0.717) is 20.9 Å². The van der Waals surface area contributed by atoms with E-state index in [1.54, 1.807) is 12.1 Å². The van der Waals surface area contributed by atoms with Crippen molar-refractivity contribution in [1.82, 2.24) is 0 Å². The number of ether oxygens (including phenoxy) is 1. The Morgan fingerprint density at radius 3 is 2.71 bits per heavy atom. The van der Waals surface area contributed by atoms with Gasteiger partial charge in [-0.3, -0.25) is 4.79 Å². The minimum absolute atomic E-state index is 0.0996. The molecule has 0 spiro atoms. The van der Waals surface area contributed by atoms with E-state index in [9.17, 15) is 9.18 Å². The van der Waals surface area contributed by atoms with Crippen molar-refractivity contribution in [2.45, 2.75) is 0 Å². The minimum Gasteiger partial charge on any atom is -0.493 e. The van der Waals surface area contributed by atoms with E-state index in [0.717, 1.165) is 0 Å². The molecule has 0 bridgehead atoms. The fraction of sp³-hybridized carbons (Fsp3) is 0.0714. The zero-order valence-electron chi connectivity index (χ0n) is 10.7. The van der Waals surface area contributed by atoms with Gasteiger partial charge in [0.1, 0.15) is 5.82 Å². The van der Waals surface area contributed by atoms with E-state index in [-0.39, 0.29) is 10.0 Å². The quantitative estimate of drug-likeness (QED) is 0.711. The summed E-state index contributed by atoms with van der Waals surface area (Å²) in [5.74, 6) is -0.559. The lowest BCUT2D eigenvalue weighted by Gasteiger charge is -2.13. The third-order valence-corrected chi connectivity index (χ3v) is 4.27. The largest absolute Gasteiger partial charge is 0.493 e. The zero-order chi connectivity index (χ0) is 15.6. The molecule has 3 nitrogen and oxygen atoms in total. The molecule has 0 fully saturated rings. The van der Waals surface area contributed by atoms with Gasteiger partial charge in [0.05, 0.1) is 27.3 Å².